The molecule has 0 aliphatic carbocycles. The van der Waals surface area contributed by atoms with Crippen LogP contribution in [0.4, 0.5) is 0 Å². The molecule has 154 valence electrons. The van der Waals surface area contributed by atoms with Gasteiger partial charge in [-0.05, 0) is 0 Å². The maximum atomic E-state index is 12.6. The summed E-state index contributed by atoms with van der Waals surface area (Å²) in [4.78, 5) is 37.2. The molecule has 5 nitrogen and oxygen atoms in total. The molecule has 0 saturated carbocycles. The van der Waals surface area contributed by atoms with E-state index in [2.05, 4.69) is 13.8 Å². The van der Waals surface area contributed by atoms with Gasteiger partial charge in [0.05, 0.1) is 0 Å². The van der Waals surface area contributed by atoms with Crippen molar-refractivity contribution in [2.45, 2.75) is 39.7 Å². The molecule has 0 fully saturated rings. The second kappa shape index (κ2) is 9.40. The van der Waals surface area contributed by atoms with Crippen molar-refractivity contribution in [2.24, 2.45) is 5.92 Å². The third kappa shape index (κ3) is 5.80. The summed E-state index contributed by atoms with van der Waals surface area (Å²) in [6.07, 6.45) is 0.643. The van der Waals surface area contributed by atoms with Gasteiger partial charge in [-0.25, -0.2) is 4.79 Å². The minimum absolute atomic E-state index is 0.339. The molecule has 6 heteroatoms. The molecular formula is C23H28AsNO4. The number of hydrogen-bond acceptors (Lipinski definition) is 3. The summed E-state index contributed by atoms with van der Waals surface area (Å²) in [6.45, 7) is 7.11. The van der Waals surface area contributed by atoms with E-state index >= 15 is 0 Å². The predicted octanol–water partition coefficient (Wildman–Crippen LogP) is 2.92. The Hall–Kier alpha value is -2.39. The molecule has 0 aromatic heterocycles. The van der Waals surface area contributed by atoms with Gasteiger partial charge in [-0.3, -0.25) is 0 Å². The van der Waals surface area contributed by atoms with Crippen LogP contribution in [0.2, 0.25) is 0 Å². The Bertz CT molecular complexity index is 886. The zero-order valence-corrected chi connectivity index (χ0v) is 19.6. The molecule has 2 aromatic carbocycles. The molecule has 0 aliphatic rings. The van der Waals surface area contributed by atoms with Crippen molar-refractivity contribution in [3.63, 3.8) is 0 Å². The number of carbonyl (C=O) groups excluding carboxylic acids is 2. The fraction of sp³-hybridized carbons (Fsp3) is 0.348. The average molecular weight is 457 g/mol. The van der Waals surface area contributed by atoms with E-state index in [0.717, 1.165) is 15.5 Å². The number of aliphatic carboxylic acids is 1. The van der Waals surface area contributed by atoms with Crippen LogP contribution in [0.1, 0.15) is 44.5 Å². The van der Waals surface area contributed by atoms with Gasteiger partial charge in [-0.1, -0.05) is 0 Å². The van der Waals surface area contributed by atoms with Crippen LogP contribution in [-0.2, 0) is 9.59 Å². The number of likely N-dealkylation sites (N-methyl/N-ethyl adjacent to an activating group) is 1. The van der Waals surface area contributed by atoms with Gasteiger partial charge < -0.3 is 5.11 Å². The quantitative estimate of drug-likeness (QED) is 0.619. The summed E-state index contributed by atoms with van der Waals surface area (Å²) >= 11 is -0.774. The number of rotatable bonds is 8. The third-order valence-electron chi connectivity index (χ3n) is 4.89. The Kier molecular flexibility index (Phi) is 7.42. The van der Waals surface area contributed by atoms with E-state index in [-0.39, 0.29) is 5.91 Å². The van der Waals surface area contributed by atoms with Crippen molar-refractivity contribution in [3.05, 3.63) is 54.1 Å². The zero-order chi connectivity index (χ0) is 21.8. The van der Waals surface area contributed by atoms with Crippen molar-refractivity contribution in [1.29, 1.82) is 0 Å². The van der Waals surface area contributed by atoms with E-state index < -0.39 is 27.3 Å². The summed E-state index contributed by atoms with van der Waals surface area (Å²) in [5.41, 5.74) is 1.12. The number of carbonyl (C=O) groups is 3. The fourth-order valence-corrected chi connectivity index (χ4v) is 5.17. The molecule has 2 aromatic rings. The standard InChI is InChI=1S/C23H28AsNO4/c1-15(2)14-20(26)24-19-12-10-17(11-13-19)16-6-8-18(9-7-16)21(27)25(5)23(3,4)22(28)29/h6-13,15,24H,14H2,1-5H3,(H,28,29). The Morgan fingerprint density at radius 1 is 0.966 bits per heavy atom. The van der Waals surface area contributed by atoms with Crippen LogP contribution in [-0.4, -0.2) is 54.8 Å². The molecule has 1 N–H and O–H groups in total. The predicted molar refractivity (Wildman–Crippen MR) is 117 cm³/mol. The van der Waals surface area contributed by atoms with Crippen molar-refractivity contribution in [2.75, 3.05) is 7.05 Å². The first-order chi connectivity index (χ1) is 13.5. The van der Waals surface area contributed by atoms with Gasteiger partial charge in [0.2, 0.25) is 0 Å². The topological polar surface area (TPSA) is 74.7 Å². The van der Waals surface area contributed by atoms with Crippen LogP contribution in [0.25, 0.3) is 11.1 Å². The first-order valence-corrected chi connectivity index (χ1v) is 11.6. The van der Waals surface area contributed by atoms with E-state index in [4.69, 9.17) is 0 Å². The van der Waals surface area contributed by atoms with E-state index in [0.29, 0.717) is 22.5 Å². The number of nitrogens with zero attached hydrogens (tertiary/aromatic N) is 1. The summed E-state index contributed by atoms with van der Waals surface area (Å²) in [6, 6.07) is 15.1. The van der Waals surface area contributed by atoms with Crippen LogP contribution >= 0.6 is 0 Å². The molecule has 0 saturated heterocycles. The summed E-state index contributed by atoms with van der Waals surface area (Å²) < 4.78 is 1.48. The van der Waals surface area contributed by atoms with Crippen molar-refractivity contribution >= 4 is 36.6 Å². The van der Waals surface area contributed by atoms with Crippen LogP contribution in [0.15, 0.2) is 48.5 Å². The summed E-state index contributed by atoms with van der Waals surface area (Å²) in [5.74, 6) is -1.000. The van der Waals surface area contributed by atoms with Crippen molar-refractivity contribution in [3.8, 4) is 11.1 Å². The Morgan fingerprint density at radius 3 is 1.90 bits per heavy atom. The van der Waals surface area contributed by atoms with Gasteiger partial charge in [-0.2, -0.15) is 0 Å². The van der Waals surface area contributed by atoms with Crippen LogP contribution in [0, 0.1) is 5.92 Å². The Morgan fingerprint density at radius 2 is 1.45 bits per heavy atom. The molecule has 29 heavy (non-hydrogen) atoms. The van der Waals surface area contributed by atoms with E-state index in [1.807, 2.05) is 36.4 Å². The molecule has 1 atom stereocenters. The second-order valence-corrected chi connectivity index (χ2v) is 10.9. The number of benzene rings is 2. The van der Waals surface area contributed by atoms with Gasteiger partial charge in [0.15, 0.2) is 0 Å². The molecule has 0 aliphatic heterocycles. The number of carboxylic acid groups (broad SMARTS) is 1. The minimum atomic E-state index is -1.29. The van der Waals surface area contributed by atoms with E-state index in [1.165, 1.54) is 25.8 Å². The molecular weight excluding hydrogens is 429 g/mol. The van der Waals surface area contributed by atoms with Gasteiger partial charge in [0.25, 0.3) is 0 Å². The average Bonchev–Trinajstić information content (AvgIpc) is 2.66. The van der Waals surface area contributed by atoms with Crippen molar-refractivity contribution in [1.82, 2.24) is 4.90 Å². The van der Waals surface area contributed by atoms with Gasteiger partial charge >= 0.3 is 169 Å². The number of amides is 1. The number of hydrogen-bond donors (Lipinski definition) is 1. The van der Waals surface area contributed by atoms with Crippen molar-refractivity contribution < 1.29 is 19.5 Å². The normalized spacial score (nSPS) is 11.8. The monoisotopic (exact) mass is 457 g/mol. The first kappa shape index (κ1) is 22.9. The molecule has 2 rings (SSSR count). The second-order valence-electron chi connectivity index (χ2n) is 8.03. The van der Waals surface area contributed by atoms with Gasteiger partial charge in [0.1, 0.15) is 0 Å². The molecule has 1 unspecified atom stereocenters. The SMILES string of the molecule is CC(C)CC(=O)[AsH]c1ccc(-c2ccc(C(=O)N(C)C(C)(C)C(=O)O)cc2)cc1. The third-order valence-corrected chi connectivity index (χ3v) is 7.21. The van der Waals surface area contributed by atoms with E-state index in [9.17, 15) is 19.5 Å². The molecule has 0 spiro atoms. The molecule has 0 radical (unpaired) electrons. The number of carboxylic acids is 1. The van der Waals surface area contributed by atoms with Gasteiger partial charge in [-0.15, -0.1) is 0 Å². The van der Waals surface area contributed by atoms with Crippen LogP contribution in [0.3, 0.4) is 0 Å². The molecule has 0 heterocycles. The van der Waals surface area contributed by atoms with Gasteiger partial charge in [0, 0.05) is 0 Å². The van der Waals surface area contributed by atoms with E-state index in [1.54, 1.807) is 12.1 Å². The molecule has 0 bridgehead atoms. The first-order valence-electron chi connectivity index (χ1n) is 9.54. The summed E-state index contributed by atoms with van der Waals surface area (Å²) in [5, 5.41) is 9.31. The fourth-order valence-electron chi connectivity index (χ4n) is 2.73. The Labute approximate surface area is 178 Å². The molecule has 1 amide bonds. The van der Waals surface area contributed by atoms with Crippen LogP contribution < -0.4 is 4.35 Å². The maximum absolute atomic E-state index is 12.6. The zero-order valence-electron chi connectivity index (χ0n) is 17.5. The summed E-state index contributed by atoms with van der Waals surface area (Å²) in [7, 11) is 1.49. The Balaban J connectivity index is 2.11. The van der Waals surface area contributed by atoms with Crippen LogP contribution in [0.5, 0.6) is 0 Å².